The topological polar surface area (TPSA) is 146 Å². The lowest BCUT2D eigenvalue weighted by Crippen LogP contribution is -2.40. The van der Waals surface area contributed by atoms with E-state index in [-0.39, 0.29) is 29.5 Å². The van der Waals surface area contributed by atoms with E-state index in [0.717, 1.165) is 26.5 Å². The van der Waals surface area contributed by atoms with Crippen molar-refractivity contribution in [1.29, 1.82) is 0 Å². The summed E-state index contributed by atoms with van der Waals surface area (Å²) in [6, 6.07) is 4.03. The van der Waals surface area contributed by atoms with E-state index in [1.807, 2.05) is 0 Å². The van der Waals surface area contributed by atoms with Crippen LogP contribution in [0.3, 0.4) is 0 Å². The molecule has 0 bridgehead atoms. The van der Waals surface area contributed by atoms with E-state index < -0.39 is 39.8 Å². The summed E-state index contributed by atoms with van der Waals surface area (Å²) >= 11 is 0.958. The standard InChI is InChI=1S/C18H22N4O8S2/c1-20-13(10-15(24)21(2)18(20)26)19-14(23)11-30-16(25)9-12-3-4-17(31-12)32(27,28)22-5-7-29-8-6-22/h3-4,10H,5-9,11H2,1-2H3,(H,19,23). The van der Waals surface area contributed by atoms with Crippen LogP contribution in [0.5, 0.6) is 0 Å². The number of anilines is 1. The number of nitrogens with zero attached hydrogens (tertiary/aromatic N) is 3. The third-order valence-electron chi connectivity index (χ3n) is 4.68. The number of sulfonamides is 1. The van der Waals surface area contributed by atoms with Crippen molar-refractivity contribution in [3.8, 4) is 0 Å². The van der Waals surface area contributed by atoms with Gasteiger partial charge in [-0.05, 0) is 12.1 Å². The number of amides is 1. The molecule has 12 nitrogen and oxygen atoms in total. The Bertz CT molecular complexity index is 1240. The van der Waals surface area contributed by atoms with E-state index in [4.69, 9.17) is 9.47 Å². The van der Waals surface area contributed by atoms with Crippen molar-refractivity contribution in [3.63, 3.8) is 0 Å². The van der Waals surface area contributed by atoms with Gasteiger partial charge in [0.1, 0.15) is 10.0 Å². The summed E-state index contributed by atoms with van der Waals surface area (Å²) in [4.78, 5) is 48.1. The molecule has 3 rings (SSSR count). The number of esters is 1. The Hall–Kier alpha value is -2.81. The lowest BCUT2D eigenvalue weighted by Gasteiger charge is -2.25. The number of hydrogen-bond acceptors (Lipinski definition) is 9. The van der Waals surface area contributed by atoms with Crippen LogP contribution in [-0.4, -0.2) is 66.6 Å². The Morgan fingerprint density at radius 2 is 1.84 bits per heavy atom. The fourth-order valence-electron chi connectivity index (χ4n) is 2.88. The Morgan fingerprint density at radius 3 is 2.53 bits per heavy atom. The predicted molar refractivity (Wildman–Crippen MR) is 114 cm³/mol. The second kappa shape index (κ2) is 9.77. The number of carbonyl (C=O) groups is 2. The van der Waals surface area contributed by atoms with E-state index in [2.05, 4.69) is 5.32 Å². The molecule has 0 radical (unpaired) electrons. The summed E-state index contributed by atoms with van der Waals surface area (Å²) in [6.07, 6.45) is -0.207. The lowest BCUT2D eigenvalue weighted by molar-refractivity contribution is -0.146. The number of aromatic nitrogens is 2. The minimum atomic E-state index is -3.65. The molecule has 174 valence electrons. The summed E-state index contributed by atoms with van der Waals surface area (Å²) < 4.78 is 38.8. The van der Waals surface area contributed by atoms with Gasteiger partial charge in [0, 0.05) is 38.1 Å². The monoisotopic (exact) mass is 486 g/mol. The molecule has 0 aromatic carbocycles. The number of thiophene rings is 1. The summed E-state index contributed by atoms with van der Waals surface area (Å²) in [5.41, 5.74) is -1.22. The van der Waals surface area contributed by atoms with Gasteiger partial charge in [0.05, 0.1) is 19.6 Å². The molecule has 1 amide bonds. The van der Waals surface area contributed by atoms with Gasteiger partial charge in [0.2, 0.25) is 0 Å². The van der Waals surface area contributed by atoms with Crippen LogP contribution in [0.15, 0.2) is 32.0 Å². The van der Waals surface area contributed by atoms with Gasteiger partial charge < -0.3 is 14.8 Å². The number of carbonyl (C=O) groups excluding carboxylic acids is 2. The number of ether oxygens (including phenoxy) is 2. The molecule has 0 unspecified atom stereocenters. The van der Waals surface area contributed by atoms with Gasteiger partial charge in [-0.2, -0.15) is 4.31 Å². The normalized spacial score (nSPS) is 14.8. The van der Waals surface area contributed by atoms with Crippen molar-refractivity contribution in [1.82, 2.24) is 13.4 Å². The molecule has 14 heteroatoms. The van der Waals surface area contributed by atoms with Gasteiger partial charge in [0.25, 0.3) is 21.5 Å². The fraction of sp³-hybridized carbons (Fsp3) is 0.444. The van der Waals surface area contributed by atoms with E-state index >= 15 is 0 Å². The van der Waals surface area contributed by atoms with E-state index in [9.17, 15) is 27.6 Å². The maximum absolute atomic E-state index is 12.6. The van der Waals surface area contributed by atoms with Crippen LogP contribution in [0, 0.1) is 0 Å². The molecule has 1 aliphatic heterocycles. The highest BCUT2D eigenvalue weighted by atomic mass is 32.2. The Morgan fingerprint density at radius 1 is 1.16 bits per heavy atom. The van der Waals surface area contributed by atoms with Crippen molar-refractivity contribution < 1.29 is 27.5 Å². The Balaban J connectivity index is 1.55. The number of rotatable bonds is 7. The summed E-state index contributed by atoms with van der Waals surface area (Å²) in [6.45, 7) is 0.569. The van der Waals surface area contributed by atoms with Crippen LogP contribution in [0.4, 0.5) is 5.82 Å². The molecule has 0 saturated carbocycles. The molecule has 0 aliphatic carbocycles. The van der Waals surface area contributed by atoms with Crippen LogP contribution in [0.2, 0.25) is 0 Å². The van der Waals surface area contributed by atoms with Gasteiger partial charge in [-0.15, -0.1) is 11.3 Å². The number of morpholine rings is 1. The zero-order valence-electron chi connectivity index (χ0n) is 17.4. The van der Waals surface area contributed by atoms with E-state index in [1.54, 1.807) is 0 Å². The first-order valence-electron chi connectivity index (χ1n) is 9.48. The van der Waals surface area contributed by atoms with E-state index in [1.165, 1.54) is 30.5 Å². The average molecular weight is 487 g/mol. The van der Waals surface area contributed by atoms with Crippen LogP contribution < -0.4 is 16.6 Å². The molecule has 0 spiro atoms. The Labute approximate surface area is 187 Å². The molecule has 2 aromatic rings. The second-order valence-corrected chi connectivity index (χ2v) is 10.2. The van der Waals surface area contributed by atoms with Gasteiger partial charge in [0.15, 0.2) is 6.61 Å². The zero-order chi connectivity index (χ0) is 23.5. The lowest BCUT2D eigenvalue weighted by atomic mass is 10.3. The second-order valence-electron chi connectivity index (χ2n) is 6.89. The first-order chi connectivity index (χ1) is 15.1. The van der Waals surface area contributed by atoms with Crippen LogP contribution >= 0.6 is 11.3 Å². The largest absolute Gasteiger partial charge is 0.455 e. The third kappa shape index (κ3) is 5.32. The summed E-state index contributed by atoms with van der Waals surface area (Å²) in [5, 5.41) is 2.34. The first kappa shape index (κ1) is 23.8. The van der Waals surface area contributed by atoms with Gasteiger partial charge in [-0.1, -0.05) is 0 Å². The smallest absolute Gasteiger partial charge is 0.332 e. The first-order valence-corrected chi connectivity index (χ1v) is 11.7. The SMILES string of the molecule is Cn1c(NC(=O)COC(=O)Cc2ccc(S(=O)(=O)N3CCOCC3)s2)cc(=O)n(C)c1=O. The molecule has 3 heterocycles. The van der Waals surface area contributed by atoms with E-state index in [0.29, 0.717) is 18.1 Å². The minimum absolute atomic E-state index is 0.0321. The van der Waals surface area contributed by atoms with Gasteiger partial charge >= 0.3 is 11.7 Å². The van der Waals surface area contributed by atoms with Crippen molar-refractivity contribution in [2.75, 3.05) is 38.2 Å². The van der Waals surface area contributed by atoms with Crippen molar-refractivity contribution in [3.05, 3.63) is 43.9 Å². The minimum Gasteiger partial charge on any atom is -0.455 e. The Kier molecular flexibility index (Phi) is 7.28. The number of hydrogen-bond donors (Lipinski definition) is 1. The fourth-order valence-corrected chi connectivity index (χ4v) is 5.78. The highest BCUT2D eigenvalue weighted by Gasteiger charge is 2.28. The van der Waals surface area contributed by atoms with Crippen LogP contribution in [0.25, 0.3) is 0 Å². The van der Waals surface area contributed by atoms with Crippen molar-refractivity contribution in [2.45, 2.75) is 10.6 Å². The average Bonchev–Trinajstić information content (AvgIpc) is 3.24. The molecule has 1 N–H and O–H groups in total. The maximum atomic E-state index is 12.6. The molecular weight excluding hydrogens is 464 g/mol. The molecule has 32 heavy (non-hydrogen) atoms. The molecule has 1 fully saturated rings. The third-order valence-corrected chi connectivity index (χ3v) is 8.13. The van der Waals surface area contributed by atoms with Crippen molar-refractivity contribution >= 4 is 39.1 Å². The number of nitrogens with one attached hydrogen (secondary N) is 1. The maximum Gasteiger partial charge on any atom is 0.332 e. The van der Waals surface area contributed by atoms with Crippen molar-refractivity contribution in [2.24, 2.45) is 14.1 Å². The quantitative estimate of drug-likeness (QED) is 0.485. The molecule has 2 aromatic heterocycles. The van der Waals surface area contributed by atoms with Crippen LogP contribution in [0.1, 0.15) is 4.88 Å². The highest BCUT2D eigenvalue weighted by molar-refractivity contribution is 7.91. The van der Waals surface area contributed by atoms with Crippen LogP contribution in [-0.2, 0) is 49.6 Å². The molecule has 1 aliphatic rings. The van der Waals surface area contributed by atoms with Gasteiger partial charge in [-0.25, -0.2) is 13.2 Å². The molecule has 1 saturated heterocycles. The van der Waals surface area contributed by atoms with Gasteiger partial charge in [-0.3, -0.25) is 23.5 Å². The zero-order valence-corrected chi connectivity index (χ0v) is 19.0. The molecular formula is C18H22N4O8S2. The predicted octanol–water partition coefficient (Wildman–Crippen LogP) is -1.11. The summed E-state index contributed by atoms with van der Waals surface area (Å²) in [7, 11) is -0.968. The highest BCUT2D eigenvalue weighted by Crippen LogP contribution is 2.26. The summed E-state index contributed by atoms with van der Waals surface area (Å²) in [5.74, 6) is -1.49. The molecule has 0 atom stereocenters.